The molecule has 0 heterocycles. The minimum Gasteiger partial charge on any atom is -0.481 e. The number of ether oxygens (including phenoxy) is 1. The third kappa shape index (κ3) is 3.56. The monoisotopic (exact) mass is 291 g/mol. The van der Waals surface area contributed by atoms with Gasteiger partial charge in [0.05, 0.1) is 0 Å². The van der Waals surface area contributed by atoms with Crippen LogP contribution in [0.1, 0.15) is 6.92 Å². The van der Waals surface area contributed by atoms with Crippen molar-refractivity contribution in [1.29, 1.82) is 0 Å². The summed E-state index contributed by atoms with van der Waals surface area (Å²) >= 11 is 0. The van der Waals surface area contributed by atoms with Crippen molar-refractivity contribution in [2.75, 3.05) is 11.9 Å². The van der Waals surface area contributed by atoms with Crippen molar-refractivity contribution >= 4 is 11.6 Å². The van der Waals surface area contributed by atoms with Gasteiger partial charge in [-0.2, -0.15) is 0 Å². The number of carbonyl (C=O) groups excluding carboxylic acids is 1. The summed E-state index contributed by atoms with van der Waals surface area (Å²) < 4.78 is 31.3. The van der Waals surface area contributed by atoms with E-state index in [4.69, 9.17) is 4.74 Å². The second-order valence-corrected chi connectivity index (χ2v) is 4.57. The van der Waals surface area contributed by atoms with Crippen LogP contribution in [0.2, 0.25) is 0 Å². The molecule has 0 spiro atoms. The van der Waals surface area contributed by atoms with E-state index in [-0.39, 0.29) is 11.7 Å². The number of carbonyl (C=O) groups is 1. The number of hydrogen-bond acceptors (Lipinski definition) is 2. The Morgan fingerprint density at radius 2 is 1.76 bits per heavy atom. The molecule has 2 aromatic rings. The van der Waals surface area contributed by atoms with Gasteiger partial charge < -0.3 is 9.64 Å². The number of likely N-dealkylation sites (N-methyl/N-ethyl adjacent to an activating group) is 1. The fourth-order valence-electron chi connectivity index (χ4n) is 1.86. The summed E-state index contributed by atoms with van der Waals surface area (Å²) in [7, 11) is 1.63. The smallest absolute Gasteiger partial charge is 0.267 e. The maximum absolute atomic E-state index is 13.1. The first-order valence-electron chi connectivity index (χ1n) is 6.43. The molecule has 5 heteroatoms. The van der Waals surface area contributed by atoms with E-state index < -0.39 is 17.7 Å². The molecule has 0 aliphatic heterocycles. The summed E-state index contributed by atoms with van der Waals surface area (Å²) in [6.07, 6.45) is -0.819. The number of hydrogen-bond donors (Lipinski definition) is 0. The van der Waals surface area contributed by atoms with Gasteiger partial charge in [0.25, 0.3) is 5.91 Å². The zero-order valence-corrected chi connectivity index (χ0v) is 11.7. The van der Waals surface area contributed by atoms with E-state index in [1.807, 2.05) is 18.2 Å². The van der Waals surface area contributed by atoms with Gasteiger partial charge >= 0.3 is 0 Å². The Bertz CT molecular complexity index is 631. The number of benzene rings is 2. The molecule has 1 atom stereocenters. The van der Waals surface area contributed by atoms with Crippen LogP contribution in [0.5, 0.6) is 5.75 Å². The molecule has 0 aromatic heterocycles. The molecule has 0 saturated carbocycles. The summed E-state index contributed by atoms with van der Waals surface area (Å²) in [6.45, 7) is 1.56. The van der Waals surface area contributed by atoms with E-state index in [1.165, 1.54) is 11.0 Å². The first-order chi connectivity index (χ1) is 9.99. The molecule has 0 saturated heterocycles. The number of halogens is 2. The summed E-state index contributed by atoms with van der Waals surface area (Å²) in [5.41, 5.74) is 0.725. The Labute approximate surface area is 121 Å². The van der Waals surface area contributed by atoms with Crippen LogP contribution in [0.15, 0.2) is 48.5 Å². The molecule has 0 bridgehead atoms. The second-order valence-electron chi connectivity index (χ2n) is 4.57. The quantitative estimate of drug-likeness (QED) is 0.864. The molecule has 2 rings (SSSR count). The van der Waals surface area contributed by atoms with Crippen LogP contribution in [0, 0.1) is 11.6 Å². The molecule has 3 nitrogen and oxygen atoms in total. The van der Waals surface area contributed by atoms with Gasteiger partial charge in [0.1, 0.15) is 5.75 Å². The number of nitrogens with zero attached hydrogens (tertiary/aromatic N) is 1. The Morgan fingerprint density at radius 3 is 2.38 bits per heavy atom. The standard InChI is InChI=1S/C16H15F2NO2/c1-11(21-13-8-9-14(17)15(18)10-13)16(20)19(2)12-6-4-3-5-7-12/h3-11H,1-2H3. The van der Waals surface area contributed by atoms with E-state index >= 15 is 0 Å². The largest absolute Gasteiger partial charge is 0.481 e. The third-order valence-electron chi connectivity index (χ3n) is 3.03. The van der Waals surface area contributed by atoms with Gasteiger partial charge in [-0.15, -0.1) is 0 Å². The van der Waals surface area contributed by atoms with Crippen LogP contribution in [-0.4, -0.2) is 19.1 Å². The number of amides is 1. The Balaban J connectivity index is 2.07. The molecule has 110 valence electrons. The Hall–Kier alpha value is -2.43. The first-order valence-corrected chi connectivity index (χ1v) is 6.43. The summed E-state index contributed by atoms with van der Waals surface area (Å²) in [4.78, 5) is 13.7. The van der Waals surface area contributed by atoms with E-state index in [0.717, 1.165) is 17.8 Å². The normalized spacial score (nSPS) is 11.8. The molecule has 1 unspecified atom stereocenters. The van der Waals surface area contributed by atoms with E-state index in [1.54, 1.807) is 26.1 Å². The van der Waals surface area contributed by atoms with E-state index in [2.05, 4.69) is 0 Å². The predicted molar refractivity (Wildman–Crippen MR) is 76.3 cm³/mol. The Kier molecular flexibility index (Phi) is 4.52. The third-order valence-corrected chi connectivity index (χ3v) is 3.03. The van der Waals surface area contributed by atoms with Gasteiger partial charge in [0.15, 0.2) is 17.7 Å². The molecule has 1 amide bonds. The Morgan fingerprint density at radius 1 is 1.10 bits per heavy atom. The predicted octanol–water partition coefficient (Wildman–Crippen LogP) is 3.40. The van der Waals surface area contributed by atoms with Crippen LogP contribution in [0.4, 0.5) is 14.5 Å². The van der Waals surface area contributed by atoms with Gasteiger partial charge in [-0.3, -0.25) is 4.79 Å². The van der Waals surface area contributed by atoms with Gasteiger partial charge in [-0.05, 0) is 31.2 Å². The molecule has 0 radical (unpaired) electrons. The van der Waals surface area contributed by atoms with E-state index in [0.29, 0.717) is 0 Å². The van der Waals surface area contributed by atoms with E-state index in [9.17, 15) is 13.6 Å². The molecular formula is C16H15F2NO2. The molecule has 2 aromatic carbocycles. The highest BCUT2D eigenvalue weighted by Crippen LogP contribution is 2.18. The van der Waals surface area contributed by atoms with Crippen LogP contribution in [0.25, 0.3) is 0 Å². The van der Waals surface area contributed by atoms with Crippen LogP contribution in [-0.2, 0) is 4.79 Å². The van der Waals surface area contributed by atoms with Crippen molar-refractivity contribution in [1.82, 2.24) is 0 Å². The zero-order chi connectivity index (χ0) is 15.4. The minimum atomic E-state index is -1.01. The highest BCUT2D eigenvalue weighted by atomic mass is 19.2. The van der Waals surface area contributed by atoms with Gasteiger partial charge in [0.2, 0.25) is 0 Å². The summed E-state index contributed by atoms with van der Waals surface area (Å²) in [5, 5.41) is 0. The van der Waals surface area contributed by atoms with Gasteiger partial charge in [-0.25, -0.2) is 8.78 Å². The number of anilines is 1. The molecule has 0 aliphatic carbocycles. The van der Waals surface area contributed by atoms with Crippen LogP contribution in [0.3, 0.4) is 0 Å². The number of para-hydroxylation sites is 1. The van der Waals surface area contributed by atoms with Gasteiger partial charge in [0, 0.05) is 18.8 Å². The van der Waals surface area contributed by atoms with Crippen molar-refractivity contribution in [3.63, 3.8) is 0 Å². The second kappa shape index (κ2) is 6.35. The molecule has 21 heavy (non-hydrogen) atoms. The fourth-order valence-corrected chi connectivity index (χ4v) is 1.86. The lowest BCUT2D eigenvalue weighted by Crippen LogP contribution is -2.38. The van der Waals surface area contributed by atoms with Crippen molar-refractivity contribution in [2.45, 2.75) is 13.0 Å². The first kappa shape index (κ1) is 15.0. The topological polar surface area (TPSA) is 29.5 Å². The van der Waals surface area contributed by atoms with Crippen molar-refractivity contribution in [3.05, 3.63) is 60.2 Å². The van der Waals surface area contributed by atoms with Gasteiger partial charge in [-0.1, -0.05) is 18.2 Å². The van der Waals surface area contributed by atoms with Crippen LogP contribution < -0.4 is 9.64 Å². The highest BCUT2D eigenvalue weighted by Gasteiger charge is 2.20. The zero-order valence-electron chi connectivity index (χ0n) is 11.7. The average molecular weight is 291 g/mol. The fraction of sp³-hybridized carbons (Fsp3) is 0.188. The van der Waals surface area contributed by atoms with Crippen molar-refractivity contribution < 1.29 is 18.3 Å². The summed E-state index contributed by atoms with van der Waals surface area (Å²) in [6, 6.07) is 12.2. The molecular weight excluding hydrogens is 276 g/mol. The van der Waals surface area contributed by atoms with Crippen molar-refractivity contribution in [2.24, 2.45) is 0 Å². The molecule has 0 aliphatic rings. The van der Waals surface area contributed by atoms with Crippen LogP contribution >= 0.6 is 0 Å². The maximum atomic E-state index is 13.1. The lowest BCUT2D eigenvalue weighted by atomic mass is 10.2. The SMILES string of the molecule is CC(Oc1ccc(F)c(F)c1)C(=O)N(C)c1ccccc1. The highest BCUT2D eigenvalue weighted by molar-refractivity contribution is 5.95. The maximum Gasteiger partial charge on any atom is 0.267 e. The minimum absolute atomic E-state index is 0.108. The number of rotatable bonds is 4. The summed E-state index contributed by atoms with van der Waals surface area (Å²) in [5.74, 6) is -2.14. The lowest BCUT2D eigenvalue weighted by molar-refractivity contribution is -0.124. The molecule has 0 fully saturated rings. The average Bonchev–Trinajstić information content (AvgIpc) is 2.50. The van der Waals surface area contributed by atoms with Crippen molar-refractivity contribution in [3.8, 4) is 5.75 Å². The molecule has 0 N–H and O–H groups in total. The lowest BCUT2D eigenvalue weighted by Gasteiger charge is -2.22.